The van der Waals surface area contributed by atoms with Gasteiger partial charge in [0.2, 0.25) is 0 Å². The van der Waals surface area contributed by atoms with Crippen LogP contribution in [0.5, 0.6) is 5.75 Å². The van der Waals surface area contributed by atoms with E-state index in [1.165, 1.54) is 12.1 Å². The zero-order valence-corrected chi connectivity index (χ0v) is 14.5. The van der Waals surface area contributed by atoms with Crippen molar-refractivity contribution in [2.45, 2.75) is 13.0 Å². The Labute approximate surface area is 150 Å². The lowest BCUT2D eigenvalue weighted by Crippen LogP contribution is -2.47. The predicted octanol–water partition coefficient (Wildman–Crippen LogP) is 3.10. The van der Waals surface area contributed by atoms with Gasteiger partial charge in [0.25, 0.3) is 5.91 Å². The average molecular weight is 365 g/mol. The van der Waals surface area contributed by atoms with Gasteiger partial charge in [-0.2, -0.15) is 0 Å². The molecule has 1 saturated heterocycles. The van der Waals surface area contributed by atoms with Gasteiger partial charge in [-0.3, -0.25) is 4.79 Å². The van der Waals surface area contributed by atoms with Gasteiger partial charge >= 0.3 is 0 Å². The first-order chi connectivity index (χ1) is 12.0. The van der Waals surface area contributed by atoms with Gasteiger partial charge in [0.05, 0.1) is 13.2 Å². The van der Waals surface area contributed by atoms with E-state index in [0.717, 1.165) is 0 Å². The molecule has 1 aromatic carbocycles. The minimum Gasteiger partial charge on any atom is -0.491 e. The third kappa shape index (κ3) is 4.67. The lowest BCUT2D eigenvalue weighted by Gasteiger charge is -2.33. The number of aryl methyl sites for hydroxylation is 1. The Morgan fingerprint density at radius 3 is 2.88 bits per heavy atom. The van der Waals surface area contributed by atoms with E-state index < -0.39 is 0 Å². The van der Waals surface area contributed by atoms with E-state index in [0.29, 0.717) is 41.9 Å². The van der Waals surface area contributed by atoms with Crippen molar-refractivity contribution in [1.82, 2.24) is 9.88 Å². The molecule has 0 N–H and O–H groups in total. The summed E-state index contributed by atoms with van der Waals surface area (Å²) in [7, 11) is 0. The molecule has 7 heteroatoms. The highest BCUT2D eigenvalue weighted by molar-refractivity contribution is 6.29. The number of carbonyl (C=O) groups is 1. The largest absolute Gasteiger partial charge is 0.491 e. The molecule has 1 atom stereocenters. The Hall–Kier alpha value is -2.18. The fourth-order valence-electron chi connectivity index (χ4n) is 2.66. The quantitative estimate of drug-likeness (QED) is 0.782. The molecule has 0 spiro atoms. The van der Waals surface area contributed by atoms with E-state index in [2.05, 4.69) is 4.98 Å². The van der Waals surface area contributed by atoms with Gasteiger partial charge in [-0.25, -0.2) is 9.37 Å². The molecule has 1 aliphatic rings. The Morgan fingerprint density at radius 2 is 2.16 bits per heavy atom. The van der Waals surface area contributed by atoms with E-state index in [1.54, 1.807) is 36.1 Å². The number of nitrogens with zero attached hydrogens (tertiary/aromatic N) is 2. The van der Waals surface area contributed by atoms with E-state index in [4.69, 9.17) is 21.1 Å². The summed E-state index contributed by atoms with van der Waals surface area (Å²) in [6.07, 6.45) is -0.249. The minimum atomic E-state index is -0.315. The van der Waals surface area contributed by atoms with Crippen molar-refractivity contribution in [3.05, 3.63) is 58.6 Å². The van der Waals surface area contributed by atoms with Crippen molar-refractivity contribution in [2.24, 2.45) is 0 Å². The zero-order valence-electron chi connectivity index (χ0n) is 13.7. The highest BCUT2D eigenvalue weighted by atomic mass is 35.5. The molecule has 1 aromatic heterocycles. The summed E-state index contributed by atoms with van der Waals surface area (Å²) >= 11 is 5.94. The Morgan fingerprint density at radius 1 is 1.40 bits per heavy atom. The predicted molar refractivity (Wildman–Crippen MR) is 91.5 cm³/mol. The number of aromatic nitrogens is 1. The number of rotatable bonds is 4. The van der Waals surface area contributed by atoms with Gasteiger partial charge < -0.3 is 14.4 Å². The fourth-order valence-corrected chi connectivity index (χ4v) is 2.91. The third-order valence-electron chi connectivity index (χ3n) is 3.84. The SMILES string of the molecule is Cc1cc(C(=O)N2CCOC(COc3ccc(F)cc3)C2)cc(Cl)n1. The summed E-state index contributed by atoms with van der Waals surface area (Å²) in [5, 5.41) is 0.299. The first kappa shape index (κ1) is 17.6. The summed E-state index contributed by atoms with van der Waals surface area (Å²) < 4.78 is 24.2. The van der Waals surface area contributed by atoms with Crippen LogP contribution in [0.3, 0.4) is 0 Å². The standard InChI is InChI=1S/C18H18ClFN2O3/c1-12-8-13(9-17(19)21-12)18(23)22-6-7-24-16(10-22)11-25-15-4-2-14(20)3-5-15/h2-5,8-9,16H,6-7,10-11H2,1H3. The van der Waals surface area contributed by atoms with Crippen LogP contribution in [0.2, 0.25) is 5.15 Å². The molecule has 2 aromatic rings. The summed E-state index contributed by atoms with van der Waals surface area (Å²) in [5.74, 6) is 0.136. The van der Waals surface area contributed by atoms with Crippen LogP contribution in [0, 0.1) is 12.7 Å². The summed E-state index contributed by atoms with van der Waals surface area (Å²) in [6, 6.07) is 9.07. The summed E-state index contributed by atoms with van der Waals surface area (Å²) in [4.78, 5) is 18.4. The van der Waals surface area contributed by atoms with Gasteiger partial charge in [0.15, 0.2) is 0 Å². The molecule has 132 valence electrons. The lowest BCUT2D eigenvalue weighted by molar-refractivity contribution is -0.0401. The molecule has 1 aliphatic heterocycles. The second-order valence-electron chi connectivity index (χ2n) is 5.83. The van der Waals surface area contributed by atoms with Gasteiger partial charge in [-0.1, -0.05) is 11.6 Å². The number of carbonyl (C=O) groups excluding carboxylic acids is 1. The van der Waals surface area contributed by atoms with Crippen molar-refractivity contribution < 1.29 is 18.7 Å². The minimum absolute atomic E-state index is 0.109. The number of hydrogen-bond acceptors (Lipinski definition) is 4. The lowest BCUT2D eigenvalue weighted by atomic mass is 10.2. The number of amides is 1. The number of hydrogen-bond donors (Lipinski definition) is 0. The zero-order chi connectivity index (χ0) is 17.8. The molecule has 2 heterocycles. The highest BCUT2D eigenvalue weighted by Crippen LogP contribution is 2.17. The molecule has 5 nitrogen and oxygen atoms in total. The number of pyridine rings is 1. The molecule has 0 saturated carbocycles. The Kier molecular flexibility index (Phi) is 5.50. The number of halogens is 2. The van der Waals surface area contributed by atoms with Gasteiger partial charge in [-0.15, -0.1) is 0 Å². The highest BCUT2D eigenvalue weighted by Gasteiger charge is 2.26. The fraction of sp³-hybridized carbons (Fsp3) is 0.333. The maximum Gasteiger partial charge on any atom is 0.254 e. The molecular formula is C18H18ClFN2O3. The molecular weight excluding hydrogens is 347 g/mol. The van der Waals surface area contributed by atoms with Crippen LogP contribution in [-0.4, -0.2) is 48.2 Å². The first-order valence-electron chi connectivity index (χ1n) is 7.95. The molecule has 0 bridgehead atoms. The van der Waals surface area contributed by atoms with Crippen LogP contribution in [0.1, 0.15) is 16.1 Å². The molecule has 1 fully saturated rings. The second kappa shape index (κ2) is 7.80. The van der Waals surface area contributed by atoms with Crippen molar-refractivity contribution in [1.29, 1.82) is 0 Å². The number of benzene rings is 1. The second-order valence-corrected chi connectivity index (χ2v) is 6.22. The average Bonchev–Trinajstić information content (AvgIpc) is 2.60. The van der Waals surface area contributed by atoms with E-state index in [9.17, 15) is 9.18 Å². The van der Waals surface area contributed by atoms with E-state index >= 15 is 0 Å². The van der Waals surface area contributed by atoms with Crippen molar-refractivity contribution in [3.8, 4) is 5.75 Å². The first-order valence-corrected chi connectivity index (χ1v) is 8.32. The third-order valence-corrected chi connectivity index (χ3v) is 4.04. The molecule has 3 rings (SSSR count). The van der Waals surface area contributed by atoms with Crippen LogP contribution in [0.15, 0.2) is 36.4 Å². The Bertz CT molecular complexity index is 734. The summed E-state index contributed by atoms with van der Waals surface area (Å²) in [5.41, 5.74) is 1.21. The van der Waals surface area contributed by atoms with Crippen LogP contribution < -0.4 is 4.74 Å². The molecule has 0 radical (unpaired) electrons. The monoisotopic (exact) mass is 364 g/mol. The molecule has 25 heavy (non-hydrogen) atoms. The van der Waals surface area contributed by atoms with Crippen LogP contribution in [-0.2, 0) is 4.74 Å². The van der Waals surface area contributed by atoms with Crippen LogP contribution in [0.4, 0.5) is 4.39 Å². The number of ether oxygens (including phenoxy) is 2. The van der Waals surface area contributed by atoms with E-state index in [1.807, 2.05) is 0 Å². The van der Waals surface area contributed by atoms with Crippen molar-refractivity contribution in [3.63, 3.8) is 0 Å². The van der Waals surface area contributed by atoms with Gasteiger partial charge in [0, 0.05) is 17.8 Å². The molecule has 1 amide bonds. The van der Waals surface area contributed by atoms with Crippen molar-refractivity contribution in [2.75, 3.05) is 26.3 Å². The van der Waals surface area contributed by atoms with E-state index in [-0.39, 0.29) is 24.4 Å². The molecule has 1 unspecified atom stereocenters. The maximum absolute atomic E-state index is 12.9. The van der Waals surface area contributed by atoms with Crippen LogP contribution in [0.25, 0.3) is 0 Å². The maximum atomic E-state index is 12.9. The topological polar surface area (TPSA) is 51.7 Å². The van der Waals surface area contributed by atoms with Gasteiger partial charge in [0.1, 0.15) is 29.4 Å². The van der Waals surface area contributed by atoms with Crippen molar-refractivity contribution >= 4 is 17.5 Å². The van der Waals surface area contributed by atoms with Gasteiger partial charge in [-0.05, 0) is 43.3 Å². The summed E-state index contributed by atoms with van der Waals surface area (Å²) in [6.45, 7) is 3.43. The number of morpholine rings is 1. The normalized spacial score (nSPS) is 17.4. The Balaban J connectivity index is 1.60. The van der Waals surface area contributed by atoms with Crippen LogP contribution >= 0.6 is 11.6 Å². The molecule has 0 aliphatic carbocycles. The smallest absolute Gasteiger partial charge is 0.254 e.